The fourth-order valence-electron chi connectivity index (χ4n) is 1.24. The molecule has 0 spiro atoms. The van der Waals surface area contributed by atoms with E-state index in [1.165, 1.54) is 6.92 Å². The smallest absolute Gasteiger partial charge is 0.259 e. The molecule has 5 nitrogen and oxygen atoms in total. The highest BCUT2D eigenvalue weighted by atomic mass is 16.3. The molecule has 3 N–H and O–H groups in total. The average molecular weight is 217 g/mol. The Morgan fingerprint density at radius 2 is 2.00 bits per heavy atom. The summed E-state index contributed by atoms with van der Waals surface area (Å²) in [5, 5.41) is 12.3. The zero-order valence-corrected chi connectivity index (χ0v) is 8.69. The van der Waals surface area contributed by atoms with Gasteiger partial charge in [-0.25, -0.2) is 0 Å². The molecule has 0 aliphatic carbocycles. The number of aromatic amines is 1. The van der Waals surface area contributed by atoms with Crippen molar-refractivity contribution in [2.24, 2.45) is 0 Å². The quantitative estimate of drug-likeness (QED) is 0.712. The van der Waals surface area contributed by atoms with E-state index in [4.69, 9.17) is 0 Å². The van der Waals surface area contributed by atoms with E-state index in [1.807, 2.05) is 30.3 Å². The van der Waals surface area contributed by atoms with Crippen molar-refractivity contribution in [1.82, 2.24) is 9.97 Å². The molecule has 16 heavy (non-hydrogen) atoms. The Bertz CT molecular complexity index is 549. The maximum absolute atomic E-state index is 11.4. The van der Waals surface area contributed by atoms with Gasteiger partial charge < -0.3 is 10.4 Å². The van der Waals surface area contributed by atoms with Crippen LogP contribution in [0.4, 0.5) is 11.6 Å². The third-order valence-electron chi connectivity index (χ3n) is 2.16. The van der Waals surface area contributed by atoms with E-state index >= 15 is 0 Å². The molecule has 0 bridgehead atoms. The molecule has 2 aromatic rings. The molecule has 0 aliphatic rings. The van der Waals surface area contributed by atoms with E-state index in [0.29, 0.717) is 0 Å². The molecule has 1 aromatic heterocycles. The van der Waals surface area contributed by atoms with Crippen LogP contribution in [-0.2, 0) is 0 Å². The number of aromatic nitrogens is 2. The monoisotopic (exact) mass is 217 g/mol. The molecule has 2 rings (SSSR count). The van der Waals surface area contributed by atoms with Crippen molar-refractivity contribution in [3.8, 4) is 5.88 Å². The minimum atomic E-state index is -0.356. The maximum Gasteiger partial charge on any atom is 0.259 e. The molecule has 0 amide bonds. The Kier molecular flexibility index (Phi) is 2.59. The van der Waals surface area contributed by atoms with E-state index < -0.39 is 0 Å². The number of benzene rings is 1. The Morgan fingerprint density at radius 1 is 1.31 bits per heavy atom. The van der Waals surface area contributed by atoms with Crippen molar-refractivity contribution in [1.29, 1.82) is 0 Å². The number of hydrogen-bond acceptors (Lipinski definition) is 4. The van der Waals surface area contributed by atoms with E-state index in [2.05, 4.69) is 15.3 Å². The van der Waals surface area contributed by atoms with Gasteiger partial charge in [-0.1, -0.05) is 18.2 Å². The largest absolute Gasteiger partial charge is 0.493 e. The minimum Gasteiger partial charge on any atom is -0.493 e. The van der Waals surface area contributed by atoms with Crippen LogP contribution >= 0.6 is 0 Å². The Morgan fingerprint density at radius 3 is 2.62 bits per heavy atom. The standard InChI is InChI=1S/C11H11N3O2/c1-7-9(15)13-11(14-10(7)16)12-8-5-3-2-4-6-8/h2-6H,1H3,(H3,12,13,14,15,16). The fraction of sp³-hybridized carbons (Fsp3) is 0.0909. The van der Waals surface area contributed by atoms with Crippen LogP contribution in [0.1, 0.15) is 5.56 Å². The molecule has 1 heterocycles. The molecule has 0 radical (unpaired) electrons. The third kappa shape index (κ3) is 2.03. The highest BCUT2D eigenvalue weighted by molar-refractivity contribution is 5.53. The third-order valence-corrected chi connectivity index (χ3v) is 2.16. The first-order valence-electron chi connectivity index (χ1n) is 4.79. The van der Waals surface area contributed by atoms with Crippen LogP contribution in [0.5, 0.6) is 5.88 Å². The van der Waals surface area contributed by atoms with Crippen molar-refractivity contribution in [3.05, 3.63) is 46.2 Å². The van der Waals surface area contributed by atoms with Crippen LogP contribution in [0, 0.1) is 6.92 Å². The number of nitrogens with zero attached hydrogens (tertiary/aromatic N) is 1. The first-order chi connectivity index (χ1) is 7.66. The molecule has 0 unspecified atom stereocenters. The molecule has 0 atom stereocenters. The average Bonchev–Trinajstić information content (AvgIpc) is 2.27. The molecule has 82 valence electrons. The normalized spacial score (nSPS) is 10.1. The van der Waals surface area contributed by atoms with E-state index in [1.54, 1.807) is 0 Å². The van der Waals surface area contributed by atoms with Crippen molar-refractivity contribution in [2.45, 2.75) is 6.92 Å². The number of H-pyrrole nitrogens is 1. The summed E-state index contributed by atoms with van der Waals surface area (Å²) in [6, 6.07) is 9.25. The molecular formula is C11H11N3O2. The van der Waals surface area contributed by atoms with Gasteiger partial charge in [0, 0.05) is 5.69 Å². The molecular weight excluding hydrogens is 206 g/mol. The van der Waals surface area contributed by atoms with Crippen LogP contribution in [0.15, 0.2) is 35.1 Å². The summed E-state index contributed by atoms with van der Waals surface area (Å²) < 4.78 is 0. The summed E-state index contributed by atoms with van der Waals surface area (Å²) in [7, 11) is 0. The Balaban J connectivity index is 2.33. The van der Waals surface area contributed by atoms with Gasteiger partial charge in [0.1, 0.15) is 0 Å². The van der Waals surface area contributed by atoms with Crippen molar-refractivity contribution in [2.75, 3.05) is 5.32 Å². The van der Waals surface area contributed by atoms with Crippen LogP contribution in [0.25, 0.3) is 0 Å². The Hall–Kier alpha value is -2.30. The summed E-state index contributed by atoms with van der Waals surface area (Å²) in [6.45, 7) is 1.51. The number of aromatic hydroxyl groups is 1. The van der Waals surface area contributed by atoms with Gasteiger partial charge >= 0.3 is 0 Å². The van der Waals surface area contributed by atoms with Crippen molar-refractivity contribution >= 4 is 11.6 Å². The predicted octanol–water partition coefficient (Wildman–Crippen LogP) is 1.53. The molecule has 0 aliphatic heterocycles. The minimum absolute atomic E-state index is 0.207. The van der Waals surface area contributed by atoms with Crippen molar-refractivity contribution < 1.29 is 5.11 Å². The van der Waals surface area contributed by atoms with Crippen LogP contribution < -0.4 is 10.9 Å². The molecule has 0 fully saturated rings. The van der Waals surface area contributed by atoms with Gasteiger partial charge in [-0.05, 0) is 19.1 Å². The lowest BCUT2D eigenvalue weighted by molar-refractivity contribution is 0.447. The summed E-state index contributed by atoms with van der Waals surface area (Å²) in [4.78, 5) is 17.7. The zero-order chi connectivity index (χ0) is 11.5. The molecule has 5 heteroatoms. The number of nitrogens with one attached hydrogen (secondary N) is 2. The lowest BCUT2D eigenvalue weighted by atomic mass is 10.3. The second kappa shape index (κ2) is 4.06. The van der Waals surface area contributed by atoms with Crippen LogP contribution in [0.3, 0.4) is 0 Å². The predicted molar refractivity (Wildman–Crippen MR) is 61.0 cm³/mol. The number of para-hydroxylation sites is 1. The summed E-state index contributed by atoms with van der Waals surface area (Å²) in [5.41, 5.74) is 0.637. The number of anilines is 2. The summed E-state index contributed by atoms with van der Waals surface area (Å²) in [5.74, 6) is -0.0403. The molecule has 1 aromatic carbocycles. The SMILES string of the molecule is Cc1c(O)nc(Nc2ccccc2)[nH]c1=O. The van der Waals surface area contributed by atoms with Gasteiger partial charge in [-0.3, -0.25) is 9.78 Å². The second-order valence-electron chi connectivity index (χ2n) is 3.35. The zero-order valence-electron chi connectivity index (χ0n) is 8.69. The van der Waals surface area contributed by atoms with Crippen LogP contribution in [0.2, 0.25) is 0 Å². The van der Waals surface area contributed by atoms with Gasteiger partial charge in [-0.15, -0.1) is 0 Å². The van der Waals surface area contributed by atoms with Crippen molar-refractivity contribution in [3.63, 3.8) is 0 Å². The van der Waals surface area contributed by atoms with Gasteiger partial charge in [0.25, 0.3) is 5.56 Å². The van der Waals surface area contributed by atoms with Gasteiger partial charge in [-0.2, -0.15) is 4.98 Å². The van der Waals surface area contributed by atoms with E-state index in [-0.39, 0.29) is 23.0 Å². The summed E-state index contributed by atoms with van der Waals surface area (Å²) in [6.07, 6.45) is 0. The second-order valence-corrected chi connectivity index (χ2v) is 3.35. The molecule has 0 saturated heterocycles. The molecule has 0 saturated carbocycles. The maximum atomic E-state index is 11.4. The van der Waals surface area contributed by atoms with E-state index in [0.717, 1.165) is 5.69 Å². The first kappa shape index (κ1) is 10.2. The first-order valence-corrected chi connectivity index (χ1v) is 4.79. The number of rotatable bonds is 2. The van der Waals surface area contributed by atoms with Gasteiger partial charge in [0.05, 0.1) is 5.56 Å². The fourth-order valence-corrected chi connectivity index (χ4v) is 1.24. The van der Waals surface area contributed by atoms with Gasteiger partial charge in [0.15, 0.2) is 0 Å². The topological polar surface area (TPSA) is 78.0 Å². The number of hydrogen-bond donors (Lipinski definition) is 3. The Labute approximate surface area is 91.8 Å². The highest BCUT2D eigenvalue weighted by Gasteiger charge is 2.05. The lowest BCUT2D eigenvalue weighted by Gasteiger charge is -2.05. The van der Waals surface area contributed by atoms with Gasteiger partial charge in [0.2, 0.25) is 11.8 Å². The lowest BCUT2D eigenvalue weighted by Crippen LogP contribution is -2.13. The summed E-state index contributed by atoms with van der Waals surface area (Å²) >= 11 is 0. The van der Waals surface area contributed by atoms with E-state index in [9.17, 15) is 9.90 Å². The highest BCUT2D eigenvalue weighted by Crippen LogP contribution is 2.14. The van der Waals surface area contributed by atoms with Crippen LogP contribution in [-0.4, -0.2) is 15.1 Å².